The van der Waals surface area contributed by atoms with E-state index in [2.05, 4.69) is 9.80 Å². The van der Waals surface area contributed by atoms with Crippen molar-refractivity contribution < 1.29 is 14.0 Å². The summed E-state index contributed by atoms with van der Waals surface area (Å²) in [5.41, 5.74) is 0.176. The molecule has 2 amide bonds. The molecule has 5 rings (SSSR count). The molecule has 1 spiro atoms. The molecule has 4 aliphatic rings. The predicted octanol–water partition coefficient (Wildman–Crippen LogP) is 3.32. The Bertz CT molecular complexity index is 755. The Balaban J connectivity index is 1.05. The molecule has 0 bridgehead atoms. The van der Waals surface area contributed by atoms with E-state index in [4.69, 9.17) is 4.42 Å². The van der Waals surface area contributed by atoms with E-state index in [1.807, 2.05) is 17.0 Å². The number of carbonyl (C=O) groups excluding carboxylic acids is 2. The maximum atomic E-state index is 13.2. The lowest BCUT2D eigenvalue weighted by Crippen LogP contribution is -2.53. The minimum Gasteiger partial charge on any atom is -0.469 e. The van der Waals surface area contributed by atoms with Crippen LogP contribution >= 0.6 is 0 Å². The van der Waals surface area contributed by atoms with Crippen LogP contribution in [0.4, 0.5) is 0 Å². The summed E-state index contributed by atoms with van der Waals surface area (Å²) in [5.74, 6) is 1.68. The van der Waals surface area contributed by atoms with E-state index in [0.717, 1.165) is 70.3 Å². The first-order valence-corrected chi connectivity index (χ1v) is 12.5. The molecule has 0 radical (unpaired) electrons. The van der Waals surface area contributed by atoms with E-state index in [-0.39, 0.29) is 17.2 Å². The number of amides is 2. The van der Waals surface area contributed by atoms with E-state index < -0.39 is 0 Å². The molecule has 0 aromatic carbocycles. The van der Waals surface area contributed by atoms with Crippen molar-refractivity contribution in [3.05, 3.63) is 24.2 Å². The average molecular weight is 428 g/mol. The average Bonchev–Trinajstić information content (AvgIpc) is 3.25. The Labute approximate surface area is 185 Å². The highest BCUT2D eigenvalue weighted by Crippen LogP contribution is 2.60. The SMILES string of the molecule is O=C(CCc1ccco1)N1CCC2(CC1)C[C@@H]2C(=O)N1CCN(C2CCCCC2)CC1. The number of piperazine rings is 1. The molecule has 6 nitrogen and oxygen atoms in total. The third-order valence-electron chi connectivity index (χ3n) is 8.48. The zero-order chi connectivity index (χ0) is 21.3. The van der Waals surface area contributed by atoms with E-state index in [0.29, 0.717) is 18.7 Å². The van der Waals surface area contributed by atoms with Gasteiger partial charge in [0.1, 0.15) is 5.76 Å². The van der Waals surface area contributed by atoms with Gasteiger partial charge in [-0.2, -0.15) is 0 Å². The van der Waals surface area contributed by atoms with Gasteiger partial charge in [0.05, 0.1) is 6.26 Å². The highest BCUT2D eigenvalue weighted by molar-refractivity contribution is 5.83. The van der Waals surface area contributed by atoms with E-state index in [1.165, 1.54) is 32.1 Å². The van der Waals surface area contributed by atoms with Gasteiger partial charge in [0.25, 0.3) is 0 Å². The lowest BCUT2D eigenvalue weighted by molar-refractivity contribution is -0.136. The molecule has 0 unspecified atom stereocenters. The normalized spacial score (nSPS) is 26.9. The van der Waals surface area contributed by atoms with E-state index >= 15 is 0 Å². The Morgan fingerprint density at radius 2 is 1.71 bits per heavy atom. The molecule has 1 aromatic heterocycles. The first kappa shape index (κ1) is 21.0. The fourth-order valence-corrected chi connectivity index (χ4v) is 6.27. The molecule has 4 fully saturated rings. The molecule has 2 saturated carbocycles. The molecule has 0 N–H and O–H groups in total. The van der Waals surface area contributed by atoms with Crippen LogP contribution < -0.4 is 0 Å². The van der Waals surface area contributed by atoms with Crippen LogP contribution in [0.15, 0.2) is 22.8 Å². The second kappa shape index (κ2) is 8.97. The van der Waals surface area contributed by atoms with Gasteiger partial charge in [-0.3, -0.25) is 14.5 Å². The molecule has 31 heavy (non-hydrogen) atoms. The van der Waals surface area contributed by atoms with Crippen molar-refractivity contribution in [2.24, 2.45) is 11.3 Å². The maximum Gasteiger partial charge on any atom is 0.226 e. The first-order valence-electron chi connectivity index (χ1n) is 12.5. The standard InChI is InChI=1S/C25H37N3O3/c29-23(9-8-21-7-4-18-31-21)27-12-10-25(11-13-27)19-22(25)24(30)28-16-14-26(15-17-28)20-5-2-1-3-6-20/h4,7,18,20,22H,1-3,5-6,8-17,19H2/t22-/m1/s1. The van der Waals surface area contributed by atoms with Gasteiger partial charge in [-0.25, -0.2) is 0 Å². The lowest BCUT2D eigenvalue weighted by Gasteiger charge is -2.41. The maximum absolute atomic E-state index is 13.2. The van der Waals surface area contributed by atoms with Gasteiger partial charge >= 0.3 is 0 Å². The molecule has 3 heterocycles. The number of nitrogens with zero attached hydrogens (tertiary/aromatic N) is 3. The molecule has 1 atom stereocenters. The van der Waals surface area contributed by atoms with Gasteiger partial charge in [0.15, 0.2) is 0 Å². The lowest BCUT2D eigenvalue weighted by atomic mass is 9.90. The highest BCUT2D eigenvalue weighted by atomic mass is 16.3. The summed E-state index contributed by atoms with van der Waals surface area (Å²) in [6, 6.07) is 4.55. The van der Waals surface area contributed by atoms with Crippen LogP contribution in [-0.2, 0) is 16.0 Å². The Hall–Kier alpha value is -1.82. The zero-order valence-electron chi connectivity index (χ0n) is 18.8. The minimum absolute atomic E-state index is 0.176. The second-order valence-corrected chi connectivity index (χ2v) is 10.2. The topological polar surface area (TPSA) is 57.0 Å². The van der Waals surface area contributed by atoms with Crippen LogP contribution in [0.3, 0.4) is 0 Å². The molecule has 2 saturated heterocycles. The molecule has 1 aromatic rings. The van der Waals surface area contributed by atoms with Crippen molar-refractivity contribution in [2.45, 2.75) is 70.3 Å². The predicted molar refractivity (Wildman–Crippen MR) is 118 cm³/mol. The fraction of sp³-hybridized carbons (Fsp3) is 0.760. The third-order valence-corrected chi connectivity index (χ3v) is 8.48. The summed E-state index contributed by atoms with van der Waals surface area (Å²) < 4.78 is 5.34. The van der Waals surface area contributed by atoms with Crippen LogP contribution in [0.5, 0.6) is 0 Å². The number of hydrogen-bond acceptors (Lipinski definition) is 4. The molecule has 2 aliphatic carbocycles. The Morgan fingerprint density at radius 3 is 2.39 bits per heavy atom. The Kier molecular flexibility index (Phi) is 6.09. The highest BCUT2D eigenvalue weighted by Gasteiger charge is 2.59. The molecule has 170 valence electrons. The van der Waals surface area contributed by atoms with Crippen molar-refractivity contribution in [3.63, 3.8) is 0 Å². The molecular formula is C25H37N3O3. The molecular weight excluding hydrogens is 390 g/mol. The summed E-state index contributed by atoms with van der Waals surface area (Å²) in [5, 5.41) is 0. The van der Waals surface area contributed by atoms with Crippen molar-refractivity contribution in [3.8, 4) is 0 Å². The van der Waals surface area contributed by atoms with Crippen LogP contribution in [0.2, 0.25) is 0 Å². The van der Waals surface area contributed by atoms with Gasteiger partial charge in [-0.15, -0.1) is 0 Å². The number of rotatable bonds is 5. The van der Waals surface area contributed by atoms with Crippen LogP contribution in [0.1, 0.15) is 63.5 Å². The van der Waals surface area contributed by atoms with E-state index in [9.17, 15) is 9.59 Å². The summed E-state index contributed by atoms with van der Waals surface area (Å²) in [7, 11) is 0. The fourth-order valence-electron chi connectivity index (χ4n) is 6.27. The van der Waals surface area contributed by atoms with Crippen molar-refractivity contribution in [1.29, 1.82) is 0 Å². The van der Waals surface area contributed by atoms with Gasteiger partial charge in [-0.1, -0.05) is 19.3 Å². The number of hydrogen-bond donors (Lipinski definition) is 0. The first-order chi connectivity index (χ1) is 15.1. The second-order valence-electron chi connectivity index (χ2n) is 10.2. The molecule has 2 aliphatic heterocycles. The number of furan rings is 1. The minimum atomic E-state index is 0.176. The van der Waals surface area contributed by atoms with E-state index in [1.54, 1.807) is 6.26 Å². The van der Waals surface area contributed by atoms with Gasteiger partial charge < -0.3 is 14.2 Å². The van der Waals surface area contributed by atoms with Gasteiger partial charge in [-0.05, 0) is 49.7 Å². The summed E-state index contributed by atoms with van der Waals surface area (Å²) >= 11 is 0. The quantitative estimate of drug-likeness (QED) is 0.723. The monoisotopic (exact) mass is 427 g/mol. The van der Waals surface area contributed by atoms with Crippen molar-refractivity contribution in [2.75, 3.05) is 39.3 Å². The third kappa shape index (κ3) is 4.55. The van der Waals surface area contributed by atoms with Crippen molar-refractivity contribution >= 4 is 11.8 Å². The van der Waals surface area contributed by atoms with Crippen LogP contribution in [0, 0.1) is 11.3 Å². The van der Waals surface area contributed by atoms with Gasteiger partial charge in [0, 0.05) is 64.1 Å². The smallest absolute Gasteiger partial charge is 0.226 e. The summed E-state index contributed by atoms with van der Waals surface area (Å²) in [6.07, 6.45) is 12.7. The zero-order valence-corrected chi connectivity index (χ0v) is 18.8. The van der Waals surface area contributed by atoms with Crippen LogP contribution in [0.25, 0.3) is 0 Å². The number of carbonyl (C=O) groups is 2. The van der Waals surface area contributed by atoms with Crippen molar-refractivity contribution in [1.82, 2.24) is 14.7 Å². The largest absolute Gasteiger partial charge is 0.469 e. The number of aryl methyl sites for hydroxylation is 1. The summed E-state index contributed by atoms with van der Waals surface area (Å²) in [6.45, 7) is 5.51. The Morgan fingerprint density at radius 1 is 0.968 bits per heavy atom. The summed E-state index contributed by atoms with van der Waals surface area (Å²) in [4.78, 5) is 32.5. The number of likely N-dealkylation sites (tertiary alicyclic amines) is 1. The number of piperidine rings is 1. The molecule has 6 heteroatoms. The van der Waals surface area contributed by atoms with Gasteiger partial charge in [0.2, 0.25) is 11.8 Å². The van der Waals surface area contributed by atoms with Crippen LogP contribution in [-0.4, -0.2) is 71.8 Å².